The number of benzene rings is 2. The van der Waals surface area contributed by atoms with Crippen molar-refractivity contribution in [3.05, 3.63) is 65.2 Å². The fourth-order valence-electron chi connectivity index (χ4n) is 3.49. The lowest BCUT2D eigenvalue weighted by molar-refractivity contribution is -0.148. The molecule has 29 heavy (non-hydrogen) atoms. The molecule has 0 heterocycles. The summed E-state index contributed by atoms with van der Waals surface area (Å²) in [5, 5.41) is 2.95. The SMILES string of the molecule is CSc1ccc(C(=O)CCC(=O)OCC(=O)N[C@@H]2CCCc3ccccc32)cc1. The van der Waals surface area contributed by atoms with Gasteiger partial charge in [0.15, 0.2) is 12.4 Å². The summed E-state index contributed by atoms with van der Waals surface area (Å²) in [7, 11) is 0. The third kappa shape index (κ3) is 5.94. The van der Waals surface area contributed by atoms with Crippen LogP contribution in [0.3, 0.4) is 0 Å². The van der Waals surface area contributed by atoms with Gasteiger partial charge in [-0.3, -0.25) is 14.4 Å². The quantitative estimate of drug-likeness (QED) is 0.402. The number of rotatable bonds is 8. The van der Waals surface area contributed by atoms with E-state index in [9.17, 15) is 14.4 Å². The summed E-state index contributed by atoms with van der Waals surface area (Å²) in [5.41, 5.74) is 2.96. The molecule has 1 aliphatic carbocycles. The van der Waals surface area contributed by atoms with E-state index in [0.29, 0.717) is 5.56 Å². The summed E-state index contributed by atoms with van der Waals surface area (Å²) in [6, 6.07) is 15.3. The van der Waals surface area contributed by atoms with Gasteiger partial charge >= 0.3 is 5.97 Å². The van der Waals surface area contributed by atoms with Crippen molar-refractivity contribution < 1.29 is 19.1 Å². The second kappa shape index (κ2) is 10.3. The van der Waals surface area contributed by atoms with Crippen LogP contribution in [0.4, 0.5) is 0 Å². The minimum absolute atomic E-state index is 0.0390. The molecule has 152 valence electrons. The summed E-state index contributed by atoms with van der Waals surface area (Å²) in [4.78, 5) is 37.4. The van der Waals surface area contributed by atoms with Crippen LogP contribution in [0.15, 0.2) is 53.4 Å². The molecule has 1 atom stereocenters. The highest BCUT2D eigenvalue weighted by atomic mass is 32.2. The number of carbonyl (C=O) groups is 3. The fraction of sp³-hybridized carbons (Fsp3) is 0.348. The maximum Gasteiger partial charge on any atom is 0.306 e. The van der Waals surface area contributed by atoms with E-state index in [0.717, 1.165) is 29.7 Å². The van der Waals surface area contributed by atoms with Gasteiger partial charge in [0.2, 0.25) is 0 Å². The Hall–Kier alpha value is -2.60. The largest absolute Gasteiger partial charge is 0.456 e. The van der Waals surface area contributed by atoms with Crippen LogP contribution in [0.25, 0.3) is 0 Å². The van der Waals surface area contributed by atoms with E-state index in [2.05, 4.69) is 11.4 Å². The minimum atomic E-state index is -0.543. The smallest absolute Gasteiger partial charge is 0.306 e. The van der Waals surface area contributed by atoms with Crippen molar-refractivity contribution in [1.82, 2.24) is 5.32 Å². The molecular formula is C23H25NO4S. The lowest BCUT2D eigenvalue weighted by Gasteiger charge is -2.26. The summed E-state index contributed by atoms with van der Waals surface area (Å²) < 4.78 is 5.05. The molecule has 0 fully saturated rings. The number of carbonyl (C=O) groups excluding carboxylic acids is 3. The number of hydrogen-bond acceptors (Lipinski definition) is 5. The van der Waals surface area contributed by atoms with Gasteiger partial charge in [0.25, 0.3) is 5.91 Å². The van der Waals surface area contributed by atoms with Crippen molar-refractivity contribution in [2.45, 2.75) is 43.0 Å². The van der Waals surface area contributed by atoms with E-state index in [4.69, 9.17) is 4.74 Å². The van der Waals surface area contributed by atoms with E-state index < -0.39 is 5.97 Å². The lowest BCUT2D eigenvalue weighted by atomic mass is 9.88. The van der Waals surface area contributed by atoms with Crippen molar-refractivity contribution >= 4 is 29.4 Å². The molecular weight excluding hydrogens is 386 g/mol. The van der Waals surface area contributed by atoms with E-state index >= 15 is 0 Å². The highest BCUT2D eigenvalue weighted by Crippen LogP contribution is 2.29. The molecule has 0 saturated heterocycles. The summed E-state index contributed by atoms with van der Waals surface area (Å²) in [5.74, 6) is -0.977. The van der Waals surface area contributed by atoms with Gasteiger partial charge in [0.1, 0.15) is 0 Å². The van der Waals surface area contributed by atoms with E-state index in [-0.39, 0.29) is 37.2 Å². The van der Waals surface area contributed by atoms with E-state index in [1.165, 1.54) is 5.56 Å². The zero-order valence-electron chi connectivity index (χ0n) is 16.5. The molecule has 0 saturated carbocycles. The first-order chi connectivity index (χ1) is 14.1. The van der Waals surface area contributed by atoms with Crippen LogP contribution in [0.1, 0.15) is 53.2 Å². The van der Waals surface area contributed by atoms with Crippen LogP contribution in [-0.4, -0.2) is 30.5 Å². The number of thioether (sulfide) groups is 1. The predicted octanol–water partition coefficient (Wildman–Crippen LogP) is 4.11. The number of nitrogens with one attached hydrogen (secondary N) is 1. The predicted molar refractivity (Wildman–Crippen MR) is 113 cm³/mol. The van der Waals surface area contributed by atoms with Crippen LogP contribution in [0.5, 0.6) is 0 Å². The molecule has 2 aromatic rings. The van der Waals surface area contributed by atoms with Gasteiger partial charge in [-0.2, -0.15) is 0 Å². The molecule has 0 unspecified atom stereocenters. The Labute approximate surface area is 175 Å². The molecule has 6 heteroatoms. The molecule has 3 rings (SSSR count). The van der Waals surface area contributed by atoms with E-state index in [1.807, 2.05) is 36.6 Å². The topological polar surface area (TPSA) is 72.5 Å². The van der Waals surface area contributed by atoms with Crippen LogP contribution in [-0.2, 0) is 20.7 Å². The van der Waals surface area contributed by atoms with Crippen LogP contribution in [0.2, 0.25) is 0 Å². The maximum atomic E-state index is 12.2. The first kappa shape index (κ1) is 21.1. The molecule has 0 bridgehead atoms. The second-order valence-corrected chi connectivity index (χ2v) is 7.90. The Balaban J connectivity index is 1.41. The fourth-order valence-corrected chi connectivity index (χ4v) is 3.90. The summed E-state index contributed by atoms with van der Waals surface area (Å²) in [6.07, 6.45) is 4.90. The van der Waals surface area contributed by atoms with Gasteiger partial charge in [-0.1, -0.05) is 36.4 Å². The zero-order chi connectivity index (χ0) is 20.6. The van der Waals surface area contributed by atoms with Crippen molar-refractivity contribution in [2.24, 2.45) is 0 Å². The highest BCUT2D eigenvalue weighted by Gasteiger charge is 2.21. The molecule has 5 nitrogen and oxygen atoms in total. The Kier molecular flexibility index (Phi) is 7.47. The van der Waals surface area contributed by atoms with Crippen LogP contribution < -0.4 is 5.32 Å². The maximum absolute atomic E-state index is 12.2. The normalized spacial score (nSPS) is 15.3. The van der Waals surface area contributed by atoms with Gasteiger partial charge in [-0.05, 0) is 48.8 Å². The molecule has 0 aromatic heterocycles. The third-order valence-corrected chi connectivity index (χ3v) is 5.78. The van der Waals surface area contributed by atoms with Crippen molar-refractivity contribution in [1.29, 1.82) is 0 Å². The van der Waals surface area contributed by atoms with Gasteiger partial charge in [0, 0.05) is 16.9 Å². The van der Waals surface area contributed by atoms with Gasteiger partial charge in [-0.25, -0.2) is 0 Å². The van der Waals surface area contributed by atoms with Crippen molar-refractivity contribution in [3.8, 4) is 0 Å². The monoisotopic (exact) mass is 411 g/mol. The van der Waals surface area contributed by atoms with Crippen LogP contribution >= 0.6 is 11.8 Å². The summed E-state index contributed by atoms with van der Waals surface area (Å²) in [6.45, 7) is -0.325. The molecule has 0 spiro atoms. The Bertz CT molecular complexity index is 879. The number of aryl methyl sites for hydroxylation is 1. The molecule has 0 aliphatic heterocycles. The first-order valence-electron chi connectivity index (χ1n) is 9.77. The Morgan fingerprint density at radius 1 is 1.07 bits per heavy atom. The second-order valence-electron chi connectivity index (χ2n) is 7.02. The molecule has 0 radical (unpaired) electrons. The van der Waals surface area contributed by atoms with E-state index in [1.54, 1.807) is 23.9 Å². The number of amides is 1. The minimum Gasteiger partial charge on any atom is -0.456 e. The Morgan fingerprint density at radius 3 is 2.59 bits per heavy atom. The zero-order valence-corrected chi connectivity index (χ0v) is 17.3. The number of ether oxygens (including phenoxy) is 1. The summed E-state index contributed by atoms with van der Waals surface area (Å²) >= 11 is 1.60. The van der Waals surface area contributed by atoms with Gasteiger partial charge < -0.3 is 10.1 Å². The number of hydrogen-bond donors (Lipinski definition) is 1. The van der Waals surface area contributed by atoms with Crippen molar-refractivity contribution in [2.75, 3.05) is 12.9 Å². The lowest BCUT2D eigenvalue weighted by Crippen LogP contribution is -2.34. The highest BCUT2D eigenvalue weighted by molar-refractivity contribution is 7.98. The standard InChI is InChI=1S/C23H25NO4S/c1-29-18-11-9-17(10-12-18)21(25)13-14-23(27)28-15-22(26)24-20-8-4-6-16-5-2-3-7-19(16)20/h2-3,5,7,9-12,20H,4,6,8,13-15H2,1H3,(H,24,26)/t20-/m1/s1. The molecule has 2 aromatic carbocycles. The average Bonchev–Trinajstić information content (AvgIpc) is 2.76. The number of Topliss-reactive ketones (excluding diaryl/α,β-unsaturated/α-hetero) is 1. The molecule has 1 aliphatic rings. The van der Waals surface area contributed by atoms with Crippen LogP contribution in [0, 0.1) is 0 Å². The Morgan fingerprint density at radius 2 is 1.83 bits per heavy atom. The van der Waals surface area contributed by atoms with Gasteiger partial charge in [-0.15, -0.1) is 11.8 Å². The number of ketones is 1. The molecule has 1 N–H and O–H groups in total. The average molecular weight is 412 g/mol. The van der Waals surface area contributed by atoms with Crippen molar-refractivity contribution in [3.63, 3.8) is 0 Å². The first-order valence-corrected chi connectivity index (χ1v) is 11.0. The molecule has 1 amide bonds. The van der Waals surface area contributed by atoms with Gasteiger partial charge in [0.05, 0.1) is 12.5 Å². The third-order valence-electron chi connectivity index (χ3n) is 5.04. The number of fused-ring (bicyclic) bond motifs is 1. The number of esters is 1.